The summed E-state index contributed by atoms with van der Waals surface area (Å²) in [5, 5.41) is 0.564. The largest absolute Gasteiger partial charge is 0.461 e. The fraction of sp³-hybridized carbons (Fsp3) is 0.300. The summed E-state index contributed by atoms with van der Waals surface area (Å²) in [6, 6.07) is 10.4. The van der Waals surface area contributed by atoms with Crippen LogP contribution in [0.15, 0.2) is 36.5 Å². The predicted octanol–water partition coefficient (Wildman–Crippen LogP) is 4.04. The van der Waals surface area contributed by atoms with Gasteiger partial charge in [0.05, 0.1) is 23.0 Å². The number of nitrogens with zero attached hydrogens (tertiary/aromatic N) is 3. The Labute approximate surface area is 157 Å². The van der Waals surface area contributed by atoms with Gasteiger partial charge in [-0.15, -0.1) is 0 Å². The standard InChI is InChI=1S/C20H20ClN3O2/c1-3-26-20(25)18-13(2)22-19-17(10-16(21)12-24(18)19)23-9-8-14-6-4-5-7-15(14)11-23/h4-7,10,12H,3,8-9,11H2,1-2H3. The van der Waals surface area contributed by atoms with Crippen molar-refractivity contribution in [3.63, 3.8) is 0 Å². The van der Waals surface area contributed by atoms with E-state index in [1.807, 2.05) is 13.0 Å². The summed E-state index contributed by atoms with van der Waals surface area (Å²) in [5.41, 5.74) is 5.44. The van der Waals surface area contributed by atoms with Gasteiger partial charge in [-0.25, -0.2) is 9.78 Å². The van der Waals surface area contributed by atoms with Gasteiger partial charge in [0.15, 0.2) is 11.3 Å². The Balaban J connectivity index is 1.81. The van der Waals surface area contributed by atoms with Gasteiger partial charge in [0, 0.05) is 19.3 Å². The first-order valence-corrected chi connectivity index (χ1v) is 9.13. The van der Waals surface area contributed by atoms with E-state index in [0.717, 1.165) is 30.8 Å². The molecule has 1 aliphatic heterocycles. The number of rotatable bonds is 3. The Morgan fingerprint density at radius 2 is 2.08 bits per heavy atom. The number of esters is 1. The highest BCUT2D eigenvalue weighted by Crippen LogP contribution is 2.31. The van der Waals surface area contributed by atoms with Crippen molar-refractivity contribution in [2.45, 2.75) is 26.8 Å². The molecule has 1 aromatic carbocycles. The number of pyridine rings is 1. The van der Waals surface area contributed by atoms with Crippen LogP contribution in [0.25, 0.3) is 5.65 Å². The maximum atomic E-state index is 12.4. The van der Waals surface area contributed by atoms with Crippen molar-refractivity contribution in [1.29, 1.82) is 0 Å². The molecule has 0 unspecified atom stereocenters. The number of aryl methyl sites for hydroxylation is 1. The van der Waals surface area contributed by atoms with E-state index in [-0.39, 0.29) is 5.97 Å². The van der Waals surface area contributed by atoms with Crippen LogP contribution in [-0.2, 0) is 17.7 Å². The summed E-state index contributed by atoms with van der Waals surface area (Å²) in [4.78, 5) is 19.3. The lowest BCUT2D eigenvalue weighted by Gasteiger charge is -2.31. The summed E-state index contributed by atoms with van der Waals surface area (Å²) in [6.45, 7) is 5.62. The third-order valence-electron chi connectivity index (χ3n) is 4.78. The number of benzene rings is 1. The fourth-order valence-electron chi connectivity index (χ4n) is 3.59. The topological polar surface area (TPSA) is 46.8 Å². The fourth-order valence-corrected chi connectivity index (χ4v) is 3.79. The number of hydrogen-bond donors (Lipinski definition) is 0. The van der Waals surface area contributed by atoms with Crippen LogP contribution in [0.3, 0.4) is 0 Å². The zero-order valence-electron chi connectivity index (χ0n) is 14.8. The summed E-state index contributed by atoms with van der Waals surface area (Å²) in [5.74, 6) is -0.380. The lowest BCUT2D eigenvalue weighted by molar-refractivity contribution is 0.0517. The molecule has 4 rings (SSSR count). The molecule has 0 atom stereocenters. The predicted molar refractivity (Wildman–Crippen MR) is 102 cm³/mol. The molecule has 0 spiro atoms. The van der Waals surface area contributed by atoms with E-state index in [1.165, 1.54) is 11.1 Å². The van der Waals surface area contributed by atoms with Crippen LogP contribution in [0.4, 0.5) is 5.69 Å². The molecular weight excluding hydrogens is 350 g/mol. The molecule has 3 heterocycles. The molecule has 0 N–H and O–H groups in total. The maximum absolute atomic E-state index is 12.4. The number of fused-ring (bicyclic) bond motifs is 2. The van der Waals surface area contributed by atoms with E-state index >= 15 is 0 Å². The Kier molecular flexibility index (Phi) is 4.32. The van der Waals surface area contributed by atoms with Crippen molar-refractivity contribution in [3.8, 4) is 0 Å². The quantitative estimate of drug-likeness (QED) is 0.654. The van der Waals surface area contributed by atoms with Crippen LogP contribution in [0, 0.1) is 6.92 Å². The Hall–Kier alpha value is -2.53. The minimum atomic E-state index is -0.380. The molecular formula is C20H20ClN3O2. The highest BCUT2D eigenvalue weighted by molar-refractivity contribution is 6.31. The molecule has 0 bridgehead atoms. The Morgan fingerprint density at radius 1 is 1.31 bits per heavy atom. The van der Waals surface area contributed by atoms with Crippen LogP contribution in [0.5, 0.6) is 0 Å². The van der Waals surface area contributed by atoms with Crippen molar-refractivity contribution in [2.24, 2.45) is 0 Å². The van der Waals surface area contributed by atoms with Gasteiger partial charge < -0.3 is 9.64 Å². The van der Waals surface area contributed by atoms with Crippen molar-refractivity contribution in [1.82, 2.24) is 9.38 Å². The highest BCUT2D eigenvalue weighted by Gasteiger charge is 2.24. The van der Waals surface area contributed by atoms with Gasteiger partial charge in [-0.2, -0.15) is 0 Å². The molecule has 2 aromatic heterocycles. The van der Waals surface area contributed by atoms with Gasteiger partial charge in [0.25, 0.3) is 0 Å². The van der Waals surface area contributed by atoms with Gasteiger partial charge in [0.2, 0.25) is 0 Å². The first-order valence-electron chi connectivity index (χ1n) is 8.75. The van der Waals surface area contributed by atoms with E-state index in [9.17, 15) is 4.79 Å². The van der Waals surface area contributed by atoms with Gasteiger partial charge in [-0.05, 0) is 37.5 Å². The Bertz CT molecular complexity index is 996. The van der Waals surface area contributed by atoms with E-state index < -0.39 is 0 Å². The van der Waals surface area contributed by atoms with Crippen LogP contribution in [0.2, 0.25) is 5.02 Å². The van der Waals surface area contributed by atoms with Crippen molar-refractivity contribution in [3.05, 3.63) is 64.1 Å². The Morgan fingerprint density at radius 3 is 2.85 bits per heavy atom. The SMILES string of the molecule is CCOC(=O)c1c(C)nc2c(N3CCc4ccccc4C3)cc(Cl)cn12. The average Bonchev–Trinajstić information content (AvgIpc) is 2.96. The van der Waals surface area contributed by atoms with Gasteiger partial charge in [0.1, 0.15) is 0 Å². The number of imidazole rings is 1. The van der Waals surface area contributed by atoms with E-state index in [0.29, 0.717) is 23.0 Å². The zero-order valence-corrected chi connectivity index (χ0v) is 15.6. The summed E-state index contributed by atoms with van der Waals surface area (Å²) >= 11 is 6.38. The number of aromatic nitrogens is 2. The first kappa shape index (κ1) is 16.9. The number of carbonyl (C=O) groups is 1. The van der Waals surface area contributed by atoms with E-state index in [1.54, 1.807) is 17.5 Å². The third kappa shape index (κ3) is 2.82. The number of halogens is 1. The average molecular weight is 370 g/mol. The first-order chi connectivity index (χ1) is 12.6. The third-order valence-corrected chi connectivity index (χ3v) is 4.99. The van der Waals surface area contributed by atoms with Gasteiger partial charge >= 0.3 is 5.97 Å². The summed E-state index contributed by atoms with van der Waals surface area (Å²) < 4.78 is 6.95. The van der Waals surface area contributed by atoms with E-state index in [4.69, 9.17) is 16.3 Å². The molecule has 6 heteroatoms. The van der Waals surface area contributed by atoms with Crippen molar-refractivity contribution >= 4 is 28.9 Å². The number of ether oxygens (including phenoxy) is 1. The molecule has 0 amide bonds. The van der Waals surface area contributed by atoms with E-state index in [2.05, 4.69) is 34.1 Å². The normalized spacial score (nSPS) is 13.7. The number of hydrogen-bond acceptors (Lipinski definition) is 4. The second kappa shape index (κ2) is 6.65. The second-order valence-corrected chi connectivity index (χ2v) is 6.88. The summed E-state index contributed by atoms with van der Waals surface area (Å²) in [6.07, 6.45) is 2.70. The minimum absolute atomic E-state index is 0.321. The smallest absolute Gasteiger partial charge is 0.357 e. The molecule has 0 saturated heterocycles. The molecule has 26 heavy (non-hydrogen) atoms. The van der Waals surface area contributed by atoms with Crippen LogP contribution in [-0.4, -0.2) is 28.5 Å². The van der Waals surface area contributed by atoms with Crippen molar-refractivity contribution < 1.29 is 9.53 Å². The van der Waals surface area contributed by atoms with Crippen LogP contribution >= 0.6 is 11.6 Å². The van der Waals surface area contributed by atoms with Crippen LogP contribution in [0.1, 0.15) is 34.2 Å². The molecule has 5 nitrogen and oxygen atoms in total. The van der Waals surface area contributed by atoms with Gasteiger partial charge in [-0.3, -0.25) is 4.40 Å². The number of anilines is 1. The van der Waals surface area contributed by atoms with Crippen LogP contribution < -0.4 is 4.90 Å². The lowest BCUT2D eigenvalue weighted by atomic mass is 9.99. The molecule has 134 valence electrons. The molecule has 0 saturated carbocycles. The maximum Gasteiger partial charge on any atom is 0.357 e. The molecule has 3 aromatic rings. The zero-order chi connectivity index (χ0) is 18.3. The van der Waals surface area contributed by atoms with Gasteiger partial charge in [-0.1, -0.05) is 35.9 Å². The van der Waals surface area contributed by atoms with Crippen molar-refractivity contribution in [2.75, 3.05) is 18.1 Å². The second-order valence-electron chi connectivity index (χ2n) is 6.44. The summed E-state index contributed by atoms with van der Waals surface area (Å²) in [7, 11) is 0. The molecule has 1 aliphatic rings. The molecule has 0 radical (unpaired) electrons. The lowest BCUT2D eigenvalue weighted by Crippen LogP contribution is -2.30. The molecule has 0 fully saturated rings. The number of carbonyl (C=O) groups excluding carboxylic acids is 1. The minimum Gasteiger partial charge on any atom is -0.461 e. The molecule has 0 aliphatic carbocycles. The highest BCUT2D eigenvalue weighted by atomic mass is 35.5. The monoisotopic (exact) mass is 369 g/mol.